The zero-order valence-corrected chi connectivity index (χ0v) is 19.5. The molecular weight excluding hydrogens is 464 g/mol. The number of nitrogens with one attached hydrogen (secondary N) is 1. The predicted octanol–water partition coefficient (Wildman–Crippen LogP) is 0.835. The maximum atomic E-state index is 13.4. The van der Waals surface area contributed by atoms with E-state index < -0.39 is 23.5 Å². The molecule has 1 amide bonds. The minimum atomic E-state index is -0.861. The molecule has 0 radical (unpaired) electrons. The first-order valence-corrected chi connectivity index (χ1v) is 10.6. The summed E-state index contributed by atoms with van der Waals surface area (Å²) in [5.74, 6) is -0.929. The summed E-state index contributed by atoms with van der Waals surface area (Å²) in [6, 6.07) is 11.0. The van der Waals surface area contributed by atoms with Crippen LogP contribution in [0.4, 0.5) is 0 Å². The third-order valence-electron chi connectivity index (χ3n) is 5.22. The van der Waals surface area contributed by atoms with E-state index in [2.05, 4.69) is 15.9 Å². The van der Waals surface area contributed by atoms with Gasteiger partial charge >= 0.3 is 0 Å². The predicted molar refractivity (Wildman–Crippen MR) is 118 cm³/mol. The zero-order valence-electron chi connectivity index (χ0n) is 17.9. The van der Waals surface area contributed by atoms with E-state index in [1.54, 1.807) is 42.5 Å². The molecule has 0 bridgehead atoms. The van der Waals surface area contributed by atoms with Crippen molar-refractivity contribution in [3.8, 4) is 11.5 Å². The molecule has 31 heavy (non-hydrogen) atoms. The summed E-state index contributed by atoms with van der Waals surface area (Å²) in [6.07, 6.45) is 0. The lowest BCUT2D eigenvalue weighted by Gasteiger charge is -2.29. The van der Waals surface area contributed by atoms with Crippen LogP contribution >= 0.6 is 15.9 Å². The molecule has 164 valence electrons. The SMILES string of the molecule is COc1ccc(OC)c(C2/C(=C(\[O-])c3ccc(Br)cc3)C(=O)C(=O)N2CC[NH+](C)C)c1. The van der Waals surface area contributed by atoms with Crippen molar-refractivity contribution in [1.82, 2.24) is 4.90 Å². The van der Waals surface area contributed by atoms with Crippen molar-refractivity contribution >= 4 is 33.4 Å². The molecule has 1 aliphatic rings. The van der Waals surface area contributed by atoms with E-state index in [9.17, 15) is 14.7 Å². The van der Waals surface area contributed by atoms with Gasteiger partial charge in [-0.05, 0) is 35.9 Å². The van der Waals surface area contributed by atoms with Gasteiger partial charge in [-0.25, -0.2) is 0 Å². The third-order valence-corrected chi connectivity index (χ3v) is 5.75. The van der Waals surface area contributed by atoms with Crippen LogP contribution in [0.2, 0.25) is 0 Å². The van der Waals surface area contributed by atoms with Crippen LogP contribution in [0.3, 0.4) is 0 Å². The van der Waals surface area contributed by atoms with Crippen molar-refractivity contribution < 1.29 is 29.1 Å². The van der Waals surface area contributed by atoms with Gasteiger partial charge in [-0.3, -0.25) is 9.59 Å². The van der Waals surface area contributed by atoms with Crippen LogP contribution in [-0.2, 0) is 9.59 Å². The standard InChI is InChI=1S/C23H25BrN2O5/c1-25(2)11-12-26-20(17-13-16(30-3)9-10-18(17)31-4)19(22(28)23(26)29)21(27)14-5-7-15(24)8-6-14/h5-10,13,20,27H,11-12H2,1-4H3/b21-19+. The summed E-state index contributed by atoms with van der Waals surface area (Å²) in [5.41, 5.74) is 0.800. The van der Waals surface area contributed by atoms with Crippen LogP contribution in [0.25, 0.3) is 5.76 Å². The number of benzene rings is 2. The first-order valence-electron chi connectivity index (χ1n) is 9.81. The molecule has 1 N–H and O–H groups in total. The number of methoxy groups -OCH3 is 2. The number of likely N-dealkylation sites (N-methyl/N-ethyl adjacent to an activating group) is 1. The molecule has 1 unspecified atom stereocenters. The van der Waals surface area contributed by atoms with E-state index in [4.69, 9.17) is 9.47 Å². The molecule has 2 aromatic rings. The van der Waals surface area contributed by atoms with E-state index in [1.165, 1.54) is 19.1 Å². The number of hydrogen-bond donors (Lipinski definition) is 1. The largest absolute Gasteiger partial charge is 0.872 e. The highest BCUT2D eigenvalue weighted by Crippen LogP contribution is 2.43. The number of likely N-dealkylation sites (tertiary alicyclic amines) is 1. The Morgan fingerprint density at radius 1 is 1.10 bits per heavy atom. The lowest BCUT2D eigenvalue weighted by molar-refractivity contribution is -0.857. The lowest BCUT2D eigenvalue weighted by Crippen LogP contribution is -3.06. The van der Waals surface area contributed by atoms with Gasteiger partial charge in [0.2, 0.25) is 5.78 Å². The molecule has 2 aromatic carbocycles. The van der Waals surface area contributed by atoms with E-state index in [0.717, 1.165) is 9.37 Å². The van der Waals surface area contributed by atoms with E-state index >= 15 is 0 Å². The average Bonchev–Trinajstić information content (AvgIpc) is 3.01. The van der Waals surface area contributed by atoms with E-state index in [1.807, 2.05) is 14.1 Å². The summed E-state index contributed by atoms with van der Waals surface area (Å²) in [7, 11) is 6.96. The van der Waals surface area contributed by atoms with Gasteiger partial charge in [-0.2, -0.15) is 0 Å². The van der Waals surface area contributed by atoms with Crippen molar-refractivity contribution in [2.24, 2.45) is 0 Å². The number of quaternary nitrogens is 1. The number of Topliss-reactive ketones (excluding diaryl/α,β-unsaturated/α-hetero) is 1. The molecule has 0 saturated carbocycles. The van der Waals surface area contributed by atoms with Gasteiger partial charge in [0.1, 0.15) is 11.5 Å². The molecule has 7 nitrogen and oxygen atoms in total. The van der Waals surface area contributed by atoms with Crippen molar-refractivity contribution in [2.45, 2.75) is 6.04 Å². The molecule has 1 saturated heterocycles. The Labute approximate surface area is 190 Å². The molecule has 0 aromatic heterocycles. The molecule has 8 heteroatoms. The Hall–Kier alpha value is -2.84. The maximum Gasteiger partial charge on any atom is 0.295 e. The molecule has 1 heterocycles. The molecule has 1 atom stereocenters. The number of carbonyl (C=O) groups is 2. The van der Waals surface area contributed by atoms with Crippen molar-refractivity contribution in [2.75, 3.05) is 41.4 Å². The van der Waals surface area contributed by atoms with E-state index in [-0.39, 0.29) is 5.57 Å². The topological polar surface area (TPSA) is 83.3 Å². The van der Waals surface area contributed by atoms with Crippen molar-refractivity contribution in [1.29, 1.82) is 0 Å². The number of ether oxygens (including phenoxy) is 2. The highest BCUT2D eigenvalue weighted by molar-refractivity contribution is 9.10. The van der Waals surface area contributed by atoms with Crippen molar-refractivity contribution in [3.63, 3.8) is 0 Å². The normalized spacial score (nSPS) is 18.0. The van der Waals surface area contributed by atoms with Crippen LogP contribution in [0, 0.1) is 0 Å². The number of hydrogen-bond acceptors (Lipinski definition) is 5. The van der Waals surface area contributed by atoms with Crippen LogP contribution in [-0.4, -0.2) is 58.0 Å². The van der Waals surface area contributed by atoms with Crippen LogP contribution < -0.4 is 19.5 Å². The third kappa shape index (κ3) is 4.60. The van der Waals surface area contributed by atoms with Gasteiger partial charge in [0.15, 0.2) is 0 Å². The van der Waals surface area contributed by atoms with Crippen LogP contribution in [0.5, 0.6) is 11.5 Å². The molecule has 3 rings (SSSR count). The monoisotopic (exact) mass is 488 g/mol. The van der Waals surface area contributed by atoms with Crippen molar-refractivity contribution in [3.05, 3.63) is 63.6 Å². The van der Waals surface area contributed by atoms with Gasteiger partial charge in [0.25, 0.3) is 5.91 Å². The first-order chi connectivity index (χ1) is 14.8. The summed E-state index contributed by atoms with van der Waals surface area (Å²) in [4.78, 5) is 28.6. The Morgan fingerprint density at radius 3 is 2.35 bits per heavy atom. The maximum absolute atomic E-state index is 13.4. The fourth-order valence-electron chi connectivity index (χ4n) is 3.58. The smallest absolute Gasteiger partial charge is 0.295 e. The average molecular weight is 489 g/mol. The van der Waals surface area contributed by atoms with E-state index in [0.29, 0.717) is 35.7 Å². The summed E-state index contributed by atoms with van der Waals surface area (Å²) >= 11 is 3.35. The van der Waals surface area contributed by atoms with Gasteiger partial charge in [-0.1, -0.05) is 33.8 Å². The fourth-order valence-corrected chi connectivity index (χ4v) is 3.84. The Kier molecular flexibility index (Phi) is 7.02. The highest BCUT2D eigenvalue weighted by atomic mass is 79.9. The number of nitrogens with zero attached hydrogens (tertiary/aromatic N) is 1. The molecule has 1 aliphatic heterocycles. The quantitative estimate of drug-likeness (QED) is 0.354. The first kappa shape index (κ1) is 22.8. The Balaban J connectivity index is 2.23. The number of rotatable bonds is 7. The fraction of sp³-hybridized carbons (Fsp3) is 0.304. The van der Waals surface area contributed by atoms with Crippen LogP contribution in [0.1, 0.15) is 17.2 Å². The summed E-state index contributed by atoms with van der Waals surface area (Å²) in [6.45, 7) is 0.927. The Bertz CT molecular complexity index is 1020. The Morgan fingerprint density at radius 2 is 1.77 bits per heavy atom. The van der Waals surface area contributed by atoms with Crippen LogP contribution in [0.15, 0.2) is 52.5 Å². The van der Waals surface area contributed by atoms with Gasteiger partial charge in [0.05, 0.1) is 47.4 Å². The molecule has 1 fully saturated rings. The number of amides is 1. The molecular formula is C23H25BrN2O5. The number of carbonyl (C=O) groups excluding carboxylic acids is 2. The summed E-state index contributed by atoms with van der Waals surface area (Å²) < 4.78 is 11.7. The summed E-state index contributed by atoms with van der Waals surface area (Å²) in [5, 5.41) is 13.4. The van der Waals surface area contributed by atoms with Gasteiger partial charge < -0.3 is 24.4 Å². The second kappa shape index (κ2) is 9.53. The minimum Gasteiger partial charge on any atom is -0.872 e. The lowest BCUT2D eigenvalue weighted by atomic mass is 9.94. The zero-order chi connectivity index (χ0) is 22.7. The second-order valence-corrected chi connectivity index (χ2v) is 8.46. The number of halogens is 1. The minimum absolute atomic E-state index is 0.0763. The van der Waals surface area contributed by atoms with Gasteiger partial charge in [0, 0.05) is 15.6 Å². The highest BCUT2D eigenvalue weighted by Gasteiger charge is 2.45. The number of ketones is 1. The molecule has 0 spiro atoms. The second-order valence-electron chi connectivity index (χ2n) is 7.54. The molecule has 0 aliphatic carbocycles. The van der Waals surface area contributed by atoms with Gasteiger partial charge in [-0.15, -0.1) is 0 Å².